The SMILES string of the molecule is CCc1ccc2nc(NC(=O)CCC(=O)N3CCN(C(C)=O)CC3)sc2c1. The molecule has 0 bridgehead atoms. The Kier molecular flexibility index (Phi) is 6.05. The Hall–Kier alpha value is -2.48. The normalized spacial score (nSPS) is 14.4. The predicted octanol–water partition coefficient (Wildman–Crippen LogP) is 2.27. The predicted molar refractivity (Wildman–Crippen MR) is 106 cm³/mol. The molecule has 7 nitrogen and oxygen atoms in total. The first-order chi connectivity index (χ1) is 13.0. The Morgan fingerprint density at radius 1 is 1.11 bits per heavy atom. The van der Waals surface area contributed by atoms with Crippen molar-refractivity contribution in [1.82, 2.24) is 14.8 Å². The number of nitrogens with one attached hydrogen (secondary N) is 1. The molecule has 2 aromatic rings. The fourth-order valence-electron chi connectivity index (χ4n) is 3.07. The highest BCUT2D eigenvalue weighted by atomic mass is 32.1. The fraction of sp³-hybridized carbons (Fsp3) is 0.474. The zero-order valence-electron chi connectivity index (χ0n) is 15.7. The molecule has 8 heteroatoms. The lowest BCUT2D eigenvalue weighted by Gasteiger charge is -2.34. The number of benzene rings is 1. The molecule has 1 aromatic heterocycles. The maximum absolute atomic E-state index is 12.3. The number of anilines is 1. The van der Waals surface area contributed by atoms with Gasteiger partial charge in [-0.2, -0.15) is 0 Å². The number of thiazole rings is 1. The van der Waals surface area contributed by atoms with E-state index in [-0.39, 0.29) is 30.6 Å². The molecular weight excluding hydrogens is 364 g/mol. The smallest absolute Gasteiger partial charge is 0.226 e. The summed E-state index contributed by atoms with van der Waals surface area (Å²) >= 11 is 1.44. The summed E-state index contributed by atoms with van der Waals surface area (Å²) in [6, 6.07) is 6.09. The molecule has 144 valence electrons. The summed E-state index contributed by atoms with van der Waals surface area (Å²) in [7, 11) is 0. The molecule has 0 spiro atoms. The maximum Gasteiger partial charge on any atom is 0.226 e. The first-order valence-corrected chi connectivity index (χ1v) is 10.0. The van der Waals surface area contributed by atoms with E-state index in [0.717, 1.165) is 16.6 Å². The highest BCUT2D eigenvalue weighted by Crippen LogP contribution is 2.27. The molecule has 0 radical (unpaired) electrons. The third-order valence-electron chi connectivity index (χ3n) is 4.75. The van der Waals surface area contributed by atoms with Crippen LogP contribution in [0.3, 0.4) is 0 Å². The van der Waals surface area contributed by atoms with Gasteiger partial charge in [-0.25, -0.2) is 4.98 Å². The molecule has 27 heavy (non-hydrogen) atoms. The second kappa shape index (κ2) is 8.47. The lowest BCUT2D eigenvalue weighted by molar-refractivity contribution is -0.138. The molecule has 1 aliphatic rings. The third-order valence-corrected chi connectivity index (χ3v) is 5.68. The summed E-state index contributed by atoms with van der Waals surface area (Å²) in [6.45, 7) is 5.79. The topological polar surface area (TPSA) is 82.6 Å². The summed E-state index contributed by atoms with van der Waals surface area (Å²) in [6.07, 6.45) is 1.25. The van der Waals surface area contributed by atoms with E-state index >= 15 is 0 Å². The second-order valence-corrected chi connectivity index (χ2v) is 7.64. The Morgan fingerprint density at radius 3 is 2.48 bits per heavy atom. The molecule has 0 atom stereocenters. The van der Waals surface area contributed by atoms with Gasteiger partial charge in [0.1, 0.15) is 0 Å². The van der Waals surface area contributed by atoms with E-state index in [1.807, 2.05) is 12.1 Å². The number of hydrogen-bond donors (Lipinski definition) is 1. The van der Waals surface area contributed by atoms with Crippen LogP contribution < -0.4 is 5.32 Å². The quantitative estimate of drug-likeness (QED) is 0.852. The molecule has 3 rings (SSSR count). The minimum absolute atomic E-state index is 0.0309. The fourth-order valence-corrected chi connectivity index (χ4v) is 4.02. The van der Waals surface area contributed by atoms with Crippen molar-refractivity contribution in [1.29, 1.82) is 0 Å². The number of fused-ring (bicyclic) bond motifs is 1. The standard InChI is InChI=1S/C19H24N4O3S/c1-3-14-4-5-15-16(12-14)27-19(20-15)21-17(25)6-7-18(26)23-10-8-22(9-11-23)13(2)24/h4-5,12H,3,6-11H2,1-2H3,(H,20,21,25). The van der Waals surface area contributed by atoms with Crippen LogP contribution >= 0.6 is 11.3 Å². The molecule has 0 aliphatic carbocycles. The summed E-state index contributed by atoms with van der Waals surface area (Å²) in [5.74, 6) is -0.228. The number of amides is 3. The van der Waals surface area contributed by atoms with Crippen molar-refractivity contribution in [2.75, 3.05) is 31.5 Å². The highest BCUT2D eigenvalue weighted by Gasteiger charge is 2.22. The van der Waals surface area contributed by atoms with Crippen LogP contribution in [0.2, 0.25) is 0 Å². The van der Waals surface area contributed by atoms with Crippen molar-refractivity contribution in [2.24, 2.45) is 0 Å². The van der Waals surface area contributed by atoms with Crippen LogP contribution in [0.15, 0.2) is 18.2 Å². The van der Waals surface area contributed by atoms with Gasteiger partial charge in [0.25, 0.3) is 0 Å². The summed E-state index contributed by atoms with van der Waals surface area (Å²) < 4.78 is 1.05. The minimum atomic E-state index is -0.208. The number of carbonyl (C=O) groups is 3. The molecule has 1 N–H and O–H groups in total. The lowest BCUT2D eigenvalue weighted by Crippen LogP contribution is -2.50. The van der Waals surface area contributed by atoms with E-state index in [4.69, 9.17) is 0 Å². The Morgan fingerprint density at radius 2 is 1.81 bits per heavy atom. The number of piperazine rings is 1. The van der Waals surface area contributed by atoms with Crippen molar-refractivity contribution in [2.45, 2.75) is 33.1 Å². The van der Waals surface area contributed by atoms with E-state index in [2.05, 4.69) is 23.3 Å². The van der Waals surface area contributed by atoms with Crippen molar-refractivity contribution >= 4 is 44.4 Å². The molecule has 0 saturated carbocycles. The third kappa shape index (κ3) is 4.82. The van der Waals surface area contributed by atoms with Crippen LogP contribution in [0.4, 0.5) is 5.13 Å². The first-order valence-electron chi connectivity index (χ1n) is 9.19. The second-order valence-electron chi connectivity index (χ2n) is 6.61. The Bertz CT molecular complexity index is 856. The number of rotatable bonds is 5. The lowest BCUT2D eigenvalue weighted by atomic mass is 10.2. The Balaban J connectivity index is 1.48. The summed E-state index contributed by atoms with van der Waals surface area (Å²) in [4.78, 5) is 43.6. The van der Waals surface area contributed by atoms with Gasteiger partial charge >= 0.3 is 0 Å². The molecule has 1 aromatic carbocycles. The van der Waals surface area contributed by atoms with E-state index in [1.165, 1.54) is 23.8 Å². The van der Waals surface area contributed by atoms with Gasteiger partial charge in [0.2, 0.25) is 17.7 Å². The molecule has 0 unspecified atom stereocenters. The molecule has 1 fully saturated rings. The molecule has 1 aliphatic heterocycles. The van der Waals surface area contributed by atoms with E-state index in [1.54, 1.807) is 9.80 Å². The zero-order chi connectivity index (χ0) is 19.4. The average molecular weight is 388 g/mol. The maximum atomic E-state index is 12.3. The van der Waals surface area contributed by atoms with Gasteiger partial charge in [-0.3, -0.25) is 14.4 Å². The molecule has 1 saturated heterocycles. The van der Waals surface area contributed by atoms with Crippen molar-refractivity contribution < 1.29 is 14.4 Å². The van der Waals surface area contributed by atoms with E-state index in [0.29, 0.717) is 31.3 Å². The van der Waals surface area contributed by atoms with E-state index < -0.39 is 0 Å². The van der Waals surface area contributed by atoms with Crippen molar-refractivity contribution in [3.05, 3.63) is 23.8 Å². The van der Waals surface area contributed by atoms with Gasteiger partial charge in [0.15, 0.2) is 5.13 Å². The van der Waals surface area contributed by atoms with Gasteiger partial charge in [-0.1, -0.05) is 24.3 Å². The van der Waals surface area contributed by atoms with Crippen LogP contribution in [0, 0.1) is 0 Å². The number of nitrogens with zero attached hydrogens (tertiary/aromatic N) is 3. The van der Waals surface area contributed by atoms with Crippen LogP contribution in [0.25, 0.3) is 10.2 Å². The summed E-state index contributed by atoms with van der Waals surface area (Å²) in [5.41, 5.74) is 2.10. The van der Waals surface area contributed by atoms with Crippen molar-refractivity contribution in [3.8, 4) is 0 Å². The van der Waals surface area contributed by atoms with Gasteiger partial charge in [-0.15, -0.1) is 0 Å². The minimum Gasteiger partial charge on any atom is -0.339 e. The number of hydrogen-bond acceptors (Lipinski definition) is 5. The van der Waals surface area contributed by atoms with E-state index in [9.17, 15) is 14.4 Å². The van der Waals surface area contributed by atoms with Crippen molar-refractivity contribution in [3.63, 3.8) is 0 Å². The van der Waals surface area contributed by atoms with Gasteiger partial charge in [-0.05, 0) is 24.1 Å². The average Bonchev–Trinajstić information content (AvgIpc) is 3.07. The molecular formula is C19H24N4O3S. The Labute approximate surface area is 162 Å². The van der Waals surface area contributed by atoms with Crippen LogP contribution in [-0.2, 0) is 20.8 Å². The first kappa shape index (κ1) is 19.3. The molecule has 3 amide bonds. The highest BCUT2D eigenvalue weighted by molar-refractivity contribution is 7.22. The number of aromatic nitrogens is 1. The van der Waals surface area contributed by atoms with Crippen LogP contribution in [0.5, 0.6) is 0 Å². The van der Waals surface area contributed by atoms with Crippen LogP contribution in [0.1, 0.15) is 32.3 Å². The van der Waals surface area contributed by atoms with Gasteiger partial charge in [0, 0.05) is 45.9 Å². The number of aryl methyl sites for hydroxylation is 1. The van der Waals surface area contributed by atoms with Gasteiger partial charge < -0.3 is 15.1 Å². The monoisotopic (exact) mass is 388 g/mol. The van der Waals surface area contributed by atoms with Crippen LogP contribution in [-0.4, -0.2) is 58.7 Å². The van der Waals surface area contributed by atoms with Gasteiger partial charge in [0.05, 0.1) is 10.2 Å². The zero-order valence-corrected chi connectivity index (χ0v) is 16.5. The summed E-state index contributed by atoms with van der Waals surface area (Å²) in [5, 5.41) is 3.35. The largest absolute Gasteiger partial charge is 0.339 e. The number of carbonyl (C=O) groups excluding carboxylic acids is 3. The molecule has 2 heterocycles.